The average Bonchev–Trinajstić information content (AvgIpc) is 2.56. The van der Waals surface area contributed by atoms with Gasteiger partial charge in [-0.15, -0.1) is 0 Å². The molecule has 3 N–H and O–H groups in total. The van der Waals surface area contributed by atoms with Gasteiger partial charge in [0.25, 0.3) is 0 Å². The molecule has 0 radical (unpaired) electrons. The van der Waals surface area contributed by atoms with Crippen LogP contribution in [-0.4, -0.2) is 29.7 Å². The van der Waals surface area contributed by atoms with Crippen molar-refractivity contribution < 1.29 is 0 Å². The normalized spacial score (nSPS) is 41.7. The van der Waals surface area contributed by atoms with Crippen molar-refractivity contribution in [3.8, 4) is 0 Å². The molecular weight excluding hydrogens is 174 g/mol. The monoisotopic (exact) mass is 191 g/mol. The van der Waals surface area contributed by atoms with Crippen LogP contribution >= 0.6 is 0 Å². The zero-order valence-corrected chi connectivity index (χ0v) is 8.32. The number of nitrogens with two attached hydrogens (primary N) is 1. The van der Waals surface area contributed by atoms with Crippen LogP contribution in [0.4, 0.5) is 0 Å². The molecule has 3 unspecified atom stereocenters. The Morgan fingerprint density at radius 2 is 2.36 bits per heavy atom. The number of fused-ring (bicyclic) bond motifs is 3. The molecule has 0 bridgehead atoms. The largest absolute Gasteiger partial charge is 0.399 e. The molecule has 3 aliphatic rings. The highest BCUT2D eigenvalue weighted by Gasteiger charge is 2.40. The van der Waals surface area contributed by atoms with E-state index < -0.39 is 0 Å². The lowest BCUT2D eigenvalue weighted by atomic mass is 10.0. The molecule has 2 fully saturated rings. The van der Waals surface area contributed by atoms with Crippen molar-refractivity contribution in [3.63, 3.8) is 0 Å². The van der Waals surface area contributed by atoms with E-state index in [0.717, 1.165) is 5.70 Å². The van der Waals surface area contributed by atoms with E-state index in [1.807, 2.05) is 6.08 Å². The fraction of sp³-hybridized carbons (Fsp3) is 0.636. The first-order chi connectivity index (χ1) is 6.84. The van der Waals surface area contributed by atoms with Gasteiger partial charge in [-0.05, 0) is 31.4 Å². The van der Waals surface area contributed by atoms with Gasteiger partial charge >= 0.3 is 0 Å². The molecule has 0 spiro atoms. The summed E-state index contributed by atoms with van der Waals surface area (Å²) in [5.74, 6) is 0. The molecule has 0 saturated carbocycles. The molecule has 0 amide bonds. The summed E-state index contributed by atoms with van der Waals surface area (Å²) in [6.45, 7) is 1.22. The molecule has 3 nitrogen and oxygen atoms in total. The standard InChI is InChI=1S/C11H17N3/c12-8-4-5-9-10(7-8)14-6-2-1-3-11(14)13-9/h4-5,7,9-11,13H,1-3,6,12H2. The number of nitrogens with one attached hydrogen (secondary N) is 1. The second kappa shape index (κ2) is 3.11. The average molecular weight is 191 g/mol. The van der Waals surface area contributed by atoms with Gasteiger partial charge in [0.15, 0.2) is 0 Å². The fourth-order valence-corrected chi connectivity index (χ4v) is 2.85. The molecule has 0 aromatic carbocycles. The SMILES string of the molecule is NC1=CC2C(C=C1)NC1CCCCN12. The molecule has 2 heterocycles. The van der Waals surface area contributed by atoms with Crippen LogP contribution in [0.2, 0.25) is 0 Å². The molecule has 1 aliphatic carbocycles. The first kappa shape index (κ1) is 8.50. The Bertz CT molecular complexity index is 295. The zero-order chi connectivity index (χ0) is 9.54. The van der Waals surface area contributed by atoms with Gasteiger partial charge in [-0.2, -0.15) is 0 Å². The zero-order valence-electron chi connectivity index (χ0n) is 8.32. The van der Waals surface area contributed by atoms with Gasteiger partial charge in [-0.25, -0.2) is 0 Å². The summed E-state index contributed by atoms with van der Waals surface area (Å²) in [7, 11) is 0. The van der Waals surface area contributed by atoms with Crippen LogP contribution in [0.25, 0.3) is 0 Å². The summed E-state index contributed by atoms with van der Waals surface area (Å²) in [5, 5.41) is 3.65. The predicted molar refractivity (Wildman–Crippen MR) is 56.5 cm³/mol. The molecule has 2 saturated heterocycles. The van der Waals surface area contributed by atoms with E-state index in [4.69, 9.17) is 5.73 Å². The Morgan fingerprint density at radius 1 is 1.43 bits per heavy atom. The molecule has 3 atom stereocenters. The van der Waals surface area contributed by atoms with Gasteiger partial charge in [0.1, 0.15) is 0 Å². The van der Waals surface area contributed by atoms with Crippen molar-refractivity contribution in [3.05, 3.63) is 23.9 Å². The summed E-state index contributed by atoms with van der Waals surface area (Å²) in [4.78, 5) is 2.56. The van der Waals surface area contributed by atoms with Crippen LogP contribution in [0, 0.1) is 0 Å². The van der Waals surface area contributed by atoms with Crippen LogP contribution in [0.3, 0.4) is 0 Å². The lowest BCUT2D eigenvalue weighted by Crippen LogP contribution is -2.42. The number of hydrogen-bond acceptors (Lipinski definition) is 3. The number of allylic oxidation sites excluding steroid dienone is 1. The van der Waals surface area contributed by atoms with Gasteiger partial charge in [-0.1, -0.05) is 6.08 Å². The summed E-state index contributed by atoms with van der Waals surface area (Å²) >= 11 is 0. The van der Waals surface area contributed by atoms with E-state index in [0.29, 0.717) is 18.2 Å². The van der Waals surface area contributed by atoms with Crippen LogP contribution in [-0.2, 0) is 0 Å². The van der Waals surface area contributed by atoms with Crippen LogP contribution in [0.15, 0.2) is 23.9 Å². The van der Waals surface area contributed by atoms with Gasteiger partial charge < -0.3 is 5.73 Å². The highest BCUT2D eigenvalue weighted by Crippen LogP contribution is 2.29. The Balaban J connectivity index is 1.87. The van der Waals surface area contributed by atoms with E-state index >= 15 is 0 Å². The summed E-state index contributed by atoms with van der Waals surface area (Å²) in [6.07, 6.45) is 11.0. The van der Waals surface area contributed by atoms with E-state index in [1.54, 1.807) is 0 Å². The van der Waals surface area contributed by atoms with Gasteiger partial charge in [0, 0.05) is 18.3 Å². The highest BCUT2D eigenvalue weighted by atomic mass is 15.4. The topological polar surface area (TPSA) is 41.3 Å². The summed E-state index contributed by atoms with van der Waals surface area (Å²) in [6, 6.07) is 0.996. The van der Waals surface area contributed by atoms with Crippen molar-refractivity contribution in [1.82, 2.24) is 10.2 Å². The maximum absolute atomic E-state index is 5.83. The van der Waals surface area contributed by atoms with Crippen molar-refractivity contribution >= 4 is 0 Å². The van der Waals surface area contributed by atoms with Gasteiger partial charge in [-0.3, -0.25) is 10.2 Å². The van der Waals surface area contributed by atoms with Crippen LogP contribution < -0.4 is 11.1 Å². The maximum atomic E-state index is 5.83. The van der Waals surface area contributed by atoms with E-state index in [9.17, 15) is 0 Å². The molecule has 14 heavy (non-hydrogen) atoms. The molecule has 2 aliphatic heterocycles. The molecule has 0 aromatic rings. The first-order valence-corrected chi connectivity index (χ1v) is 5.52. The fourth-order valence-electron chi connectivity index (χ4n) is 2.85. The second-order valence-corrected chi connectivity index (χ2v) is 4.46. The Kier molecular flexibility index (Phi) is 1.89. The minimum absolute atomic E-state index is 0.491. The Morgan fingerprint density at radius 3 is 3.29 bits per heavy atom. The summed E-state index contributed by atoms with van der Waals surface area (Å²) in [5.41, 5.74) is 6.75. The third-order valence-electron chi connectivity index (χ3n) is 3.54. The number of hydrogen-bond donors (Lipinski definition) is 2. The van der Waals surface area contributed by atoms with E-state index in [2.05, 4.69) is 22.4 Å². The van der Waals surface area contributed by atoms with Crippen molar-refractivity contribution in [2.45, 2.75) is 37.5 Å². The number of rotatable bonds is 0. The van der Waals surface area contributed by atoms with Crippen molar-refractivity contribution in [1.29, 1.82) is 0 Å². The van der Waals surface area contributed by atoms with Crippen LogP contribution in [0.1, 0.15) is 19.3 Å². The predicted octanol–water partition coefficient (Wildman–Crippen LogP) is 0.551. The van der Waals surface area contributed by atoms with Gasteiger partial charge in [0.2, 0.25) is 0 Å². The lowest BCUT2D eigenvalue weighted by molar-refractivity contribution is 0.160. The molecule has 0 aromatic heterocycles. The first-order valence-electron chi connectivity index (χ1n) is 5.52. The Labute approximate surface area is 84.6 Å². The number of nitrogens with zero attached hydrogens (tertiary/aromatic N) is 1. The minimum atomic E-state index is 0.491. The quantitative estimate of drug-likeness (QED) is 0.587. The Hall–Kier alpha value is -0.800. The van der Waals surface area contributed by atoms with Crippen molar-refractivity contribution in [2.24, 2.45) is 5.73 Å². The molecule has 76 valence electrons. The molecular formula is C11H17N3. The lowest BCUT2D eigenvalue weighted by Gasteiger charge is -2.32. The summed E-state index contributed by atoms with van der Waals surface area (Å²) < 4.78 is 0. The second-order valence-electron chi connectivity index (χ2n) is 4.46. The van der Waals surface area contributed by atoms with E-state index in [1.165, 1.54) is 25.8 Å². The third kappa shape index (κ3) is 1.20. The molecule has 3 heteroatoms. The third-order valence-corrected chi connectivity index (χ3v) is 3.54. The minimum Gasteiger partial charge on any atom is -0.399 e. The highest BCUT2D eigenvalue weighted by molar-refractivity contribution is 5.29. The van der Waals surface area contributed by atoms with Crippen molar-refractivity contribution in [2.75, 3.05) is 6.54 Å². The van der Waals surface area contributed by atoms with Gasteiger partial charge in [0.05, 0.1) is 12.2 Å². The molecule has 3 rings (SSSR count). The smallest absolute Gasteiger partial charge is 0.0608 e. The number of piperidine rings is 1. The van der Waals surface area contributed by atoms with E-state index in [-0.39, 0.29) is 0 Å². The maximum Gasteiger partial charge on any atom is 0.0608 e. The van der Waals surface area contributed by atoms with Crippen LogP contribution in [0.5, 0.6) is 0 Å².